The third-order valence-electron chi connectivity index (χ3n) is 3.31. The Labute approximate surface area is 103 Å². The maximum atomic E-state index is 8.84. The van der Waals surface area contributed by atoms with E-state index in [1.54, 1.807) is 12.3 Å². The average Bonchev–Trinajstić information content (AvgIpc) is 2.73. The molecule has 3 rings (SSSR count). The van der Waals surface area contributed by atoms with Crippen LogP contribution in [0.2, 0.25) is 0 Å². The van der Waals surface area contributed by atoms with Gasteiger partial charge < -0.3 is 14.0 Å². The maximum Gasteiger partial charge on any atom is 0.255 e. The van der Waals surface area contributed by atoms with Gasteiger partial charge in [-0.1, -0.05) is 0 Å². The predicted molar refractivity (Wildman–Crippen MR) is 67.5 cm³/mol. The van der Waals surface area contributed by atoms with Crippen molar-refractivity contribution >= 4 is 21.9 Å². The number of rotatable bonds is 0. The van der Waals surface area contributed by atoms with Crippen molar-refractivity contribution in [1.82, 2.24) is 0 Å². The summed E-state index contributed by atoms with van der Waals surface area (Å²) in [6.45, 7) is 5.92. The molecule has 2 aromatic heterocycles. The largest absolute Gasteiger partial charge is 0.464 e. The van der Waals surface area contributed by atoms with Crippen LogP contribution in [0.4, 0.5) is 0 Å². The van der Waals surface area contributed by atoms with Crippen molar-refractivity contribution in [2.75, 3.05) is 0 Å². The lowest BCUT2D eigenvalue weighted by Crippen LogP contribution is -2.01. The van der Waals surface area contributed by atoms with Crippen molar-refractivity contribution in [1.29, 1.82) is 0 Å². The normalized spacial score (nSPS) is 12.7. The van der Waals surface area contributed by atoms with E-state index in [9.17, 15) is 0 Å². The van der Waals surface area contributed by atoms with E-state index < -0.39 is 0 Å². The van der Waals surface area contributed by atoms with Crippen molar-refractivity contribution < 1.29 is 14.0 Å². The molecule has 1 aromatic carbocycles. The zero-order valence-electron chi connectivity index (χ0n) is 10.4. The number of hydrogen-bond acceptors (Lipinski definition) is 4. The minimum absolute atomic E-state index is 0.200. The molecule has 92 valence electrons. The molecule has 0 radical (unpaired) electrons. The molecule has 0 spiro atoms. The second-order valence-electron chi connectivity index (χ2n) is 4.54. The number of aryl methyl sites for hydroxylation is 3. The molecule has 18 heavy (non-hydrogen) atoms. The summed E-state index contributed by atoms with van der Waals surface area (Å²) in [6.07, 6.45) is 1.74. The van der Waals surface area contributed by atoms with Gasteiger partial charge >= 0.3 is 0 Å². The molecule has 0 fully saturated rings. The molecule has 0 bridgehead atoms. The summed E-state index contributed by atoms with van der Waals surface area (Å²) >= 11 is 0. The van der Waals surface area contributed by atoms with Crippen molar-refractivity contribution in [3.8, 4) is 0 Å². The Morgan fingerprint density at radius 3 is 2.44 bits per heavy atom. The lowest BCUT2D eigenvalue weighted by Gasteiger charge is -2.05. The molecule has 2 heterocycles. The third-order valence-corrected chi connectivity index (χ3v) is 3.31. The molecule has 0 atom stereocenters. The molecule has 3 aromatic rings. The standard InChI is InChI=1S/C14H13NO3/c1-7-4-12(15-16)18-14-9(3)13-11(5-10(7)14)8(2)6-17-13/h4-6,16H,1-3H3. The molecule has 4 nitrogen and oxygen atoms in total. The predicted octanol–water partition coefficient (Wildman–Crippen LogP) is 3.39. The van der Waals surface area contributed by atoms with E-state index in [4.69, 9.17) is 14.0 Å². The van der Waals surface area contributed by atoms with Gasteiger partial charge in [-0.15, -0.1) is 0 Å². The highest BCUT2D eigenvalue weighted by atomic mass is 16.5. The molecule has 0 aliphatic rings. The SMILES string of the molecule is Cc1coc2c(C)c3oc(=NO)cc(C)c3cc12. The highest BCUT2D eigenvalue weighted by molar-refractivity contribution is 5.99. The van der Waals surface area contributed by atoms with Gasteiger partial charge in [-0.05, 0) is 43.1 Å². The van der Waals surface area contributed by atoms with Gasteiger partial charge in [0.1, 0.15) is 11.2 Å². The van der Waals surface area contributed by atoms with Crippen LogP contribution in [0.1, 0.15) is 16.7 Å². The van der Waals surface area contributed by atoms with Crippen LogP contribution >= 0.6 is 0 Å². The first-order valence-electron chi connectivity index (χ1n) is 5.72. The Balaban J connectivity index is 2.61. The van der Waals surface area contributed by atoms with Gasteiger partial charge in [-0.25, -0.2) is 0 Å². The van der Waals surface area contributed by atoms with Crippen LogP contribution in [0, 0.1) is 20.8 Å². The summed E-state index contributed by atoms with van der Waals surface area (Å²) in [7, 11) is 0. The summed E-state index contributed by atoms with van der Waals surface area (Å²) in [4.78, 5) is 0. The Morgan fingerprint density at radius 2 is 1.72 bits per heavy atom. The monoisotopic (exact) mass is 243 g/mol. The molecule has 0 amide bonds. The average molecular weight is 243 g/mol. The van der Waals surface area contributed by atoms with E-state index in [0.717, 1.165) is 33.0 Å². The van der Waals surface area contributed by atoms with Gasteiger partial charge in [0, 0.05) is 22.4 Å². The van der Waals surface area contributed by atoms with Crippen LogP contribution in [0.15, 0.2) is 32.4 Å². The molecule has 0 aliphatic carbocycles. The second kappa shape index (κ2) is 3.63. The maximum absolute atomic E-state index is 8.84. The lowest BCUT2D eigenvalue weighted by atomic mass is 10.0. The van der Waals surface area contributed by atoms with Crippen LogP contribution < -0.4 is 5.55 Å². The van der Waals surface area contributed by atoms with E-state index in [1.807, 2.05) is 20.8 Å². The van der Waals surface area contributed by atoms with Crippen LogP contribution in [0.25, 0.3) is 21.9 Å². The van der Waals surface area contributed by atoms with E-state index in [-0.39, 0.29) is 5.55 Å². The van der Waals surface area contributed by atoms with Crippen molar-refractivity contribution in [3.63, 3.8) is 0 Å². The smallest absolute Gasteiger partial charge is 0.255 e. The lowest BCUT2D eigenvalue weighted by molar-refractivity contribution is 0.276. The highest BCUT2D eigenvalue weighted by Gasteiger charge is 2.12. The van der Waals surface area contributed by atoms with Crippen LogP contribution in [0.3, 0.4) is 0 Å². The Bertz CT molecular complexity index is 824. The number of benzene rings is 1. The summed E-state index contributed by atoms with van der Waals surface area (Å²) in [5.74, 6) is 0. The Kier molecular flexibility index (Phi) is 2.20. The topological polar surface area (TPSA) is 58.9 Å². The van der Waals surface area contributed by atoms with E-state index in [2.05, 4.69) is 11.2 Å². The molecule has 4 heteroatoms. The summed E-state index contributed by atoms with van der Waals surface area (Å²) < 4.78 is 11.1. The van der Waals surface area contributed by atoms with Gasteiger partial charge in [0.05, 0.1) is 6.26 Å². The van der Waals surface area contributed by atoms with E-state index >= 15 is 0 Å². The number of nitrogens with zero attached hydrogens (tertiary/aromatic N) is 1. The molecule has 0 unspecified atom stereocenters. The quantitative estimate of drug-likeness (QED) is 0.486. The fourth-order valence-corrected chi connectivity index (χ4v) is 2.31. The molecule has 0 aliphatic heterocycles. The van der Waals surface area contributed by atoms with Crippen LogP contribution in [-0.4, -0.2) is 5.21 Å². The first-order chi connectivity index (χ1) is 8.61. The van der Waals surface area contributed by atoms with Gasteiger partial charge in [-0.3, -0.25) is 0 Å². The fraction of sp³-hybridized carbons (Fsp3) is 0.214. The minimum Gasteiger partial charge on any atom is -0.464 e. The van der Waals surface area contributed by atoms with Crippen LogP contribution in [-0.2, 0) is 0 Å². The number of hydrogen-bond donors (Lipinski definition) is 1. The van der Waals surface area contributed by atoms with Gasteiger partial charge in [0.25, 0.3) is 5.55 Å². The summed E-state index contributed by atoms with van der Waals surface area (Å²) in [5.41, 5.74) is 4.75. The summed E-state index contributed by atoms with van der Waals surface area (Å²) in [5, 5.41) is 14.0. The van der Waals surface area contributed by atoms with Crippen LogP contribution in [0.5, 0.6) is 0 Å². The minimum atomic E-state index is 0.200. The number of furan rings is 1. The molecular weight excluding hydrogens is 230 g/mol. The van der Waals surface area contributed by atoms with Gasteiger partial charge in [0.15, 0.2) is 0 Å². The van der Waals surface area contributed by atoms with Crippen molar-refractivity contribution in [2.45, 2.75) is 20.8 Å². The van der Waals surface area contributed by atoms with Gasteiger partial charge in [0.2, 0.25) is 0 Å². The van der Waals surface area contributed by atoms with Crippen molar-refractivity contribution in [2.24, 2.45) is 5.16 Å². The Hall–Kier alpha value is -2.23. The molecule has 1 N–H and O–H groups in total. The molecule has 0 saturated carbocycles. The zero-order valence-corrected chi connectivity index (χ0v) is 10.4. The zero-order chi connectivity index (χ0) is 12.9. The van der Waals surface area contributed by atoms with E-state index in [1.165, 1.54) is 0 Å². The first kappa shape index (κ1) is 10.9. The fourth-order valence-electron chi connectivity index (χ4n) is 2.31. The second-order valence-corrected chi connectivity index (χ2v) is 4.54. The van der Waals surface area contributed by atoms with Gasteiger partial charge in [-0.2, -0.15) is 0 Å². The first-order valence-corrected chi connectivity index (χ1v) is 5.72. The highest BCUT2D eigenvalue weighted by Crippen LogP contribution is 2.31. The van der Waals surface area contributed by atoms with E-state index in [0.29, 0.717) is 5.58 Å². The Morgan fingerprint density at radius 1 is 1.00 bits per heavy atom. The molecule has 0 saturated heterocycles. The third kappa shape index (κ3) is 1.35. The summed E-state index contributed by atoms with van der Waals surface area (Å²) in [6, 6.07) is 3.76. The molecular formula is C14H13NO3. The number of fused-ring (bicyclic) bond motifs is 2. The van der Waals surface area contributed by atoms with Crippen molar-refractivity contribution in [3.05, 3.63) is 40.6 Å².